The molecule has 0 aliphatic carbocycles. The normalized spacial score (nSPS) is 22.0. The van der Waals surface area contributed by atoms with Crippen LogP contribution in [-0.2, 0) is 4.79 Å². The van der Waals surface area contributed by atoms with Crippen molar-refractivity contribution in [3.8, 4) is 0 Å². The summed E-state index contributed by atoms with van der Waals surface area (Å²) in [6, 6.07) is 8.92. The van der Waals surface area contributed by atoms with Crippen LogP contribution in [0.3, 0.4) is 0 Å². The number of nitrogens with zero attached hydrogens (tertiary/aromatic N) is 2. The number of hydrogen-bond acceptors (Lipinski definition) is 3. The highest BCUT2D eigenvalue weighted by atomic mass is 19.1. The number of amides is 2. The molecule has 6 nitrogen and oxygen atoms in total. The van der Waals surface area contributed by atoms with Gasteiger partial charge in [-0.1, -0.05) is 18.2 Å². The van der Waals surface area contributed by atoms with Crippen LogP contribution in [-0.4, -0.2) is 47.9 Å². The van der Waals surface area contributed by atoms with E-state index >= 15 is 4.39 Å². The Hall–Kier alpha value is -3.09. The second kappa shape index (κ2) is 5.70. The molecule has 2 aromatic carbocycles. The van der Waals surface area contributed by atoms with Crippen LogP contribution >= 0.6 is 0 Å². The number of nitrogens with one attached hydrogen (secondary N) is 1. The first kappa shape index (κ1) is 16.1. The van der Waals surface area contributed by atoms with E-state index in [1.54, 1.807) is 0 Å². The molecule has 2 saturated heterocycles. The highest BCUT2D eigenvalue weighted by Crippen LogP contribution is 2.41. The molecule has 2 atom stereocenters. The van der Waals surface area contributed by atoms with E-state index in [0.29, 0.717) is 35.6 Å². The molecule has 0 spiro atoms. The number of halogens is 1. The van der Waals surface area contributed by atoms with Crippen LogP contribution in [0, 0.1) is 11.7 Å². The third kappa shape index (κ3) is 2.24. The third-order valence-electron chi connectivity index (χ3n) is 6.02. The quantitative estimate of drug-likeness (QED) is 0.698. The average molecular weight is 366 g/mol. The SMILES string of the molecule is NC(=O)c1cc(F)c(N2CC3CCN(C=O)C3C2)c2c1[nH]c1ccccc12. The Kier molecular flexibility index (Phi) is 3.40. The number of rotatable bonds is 3. The van der Waals surface area contributed by atoms with Crippen LogP contribution in [0.1, 0.15) is 16.8 Å². The summed E-state index contributed by atoms with van der Waals surface area (Å²) in [5, 5.41) is 1.53. The molecule has 3 aromatic rings. The van der Waals surface area contributed by atoms with E-state index in [1.807, 2.05) is 34.1 Å². The predicted molar refractivity (Wildman–Crippen MR) is 101 cm³/mol. The van der Waals surface area contributed by atoms with Crippen molar-refractivity contribution in [2.24, 2.45) is 11.7 Å². The average Bonchev–Trinajstić information content (AvgIpc) is 3.33. The first-order valence-electron chi connectivity index (χ1n) is 9.07. The zero-order valence-electron chi connectivity index (χ0n) is 14.6. The van der Waals surface area contributed by atoms with Crippen molar-refractivity contribution in [2.75, 3.05) is 24.5 Å². The van der Waals surface area contributed by atoms with E-state index in [4.69, 9.17) is 5.73 Å². The van der Waals surface area contributed by atoms with Gasteiger partial charge in [0.25, 0.3) is 5.91 Å². The number of para-hydroxylation sites is 1. The topological polar surface area (TPSA) is 82.4 Å². The molecule has 5 rings (SSSR count). The summed E-state index contributed by atoms with van der Waals surface area (Å²) in [7, 11) is 0. The van der Waals surface area contributed by atoms with Crippen LogP contribution in [0.5, 0.6) is 0 Å². The number of carbonyl (C=O) groups excluding carboxylic acids is 2. The maximum Gasteiger partial charge on any atom is 0.250 e. The number of hydrogen-bond donors (Lipinski definition) is 2. The number of aromatic nitrogens is 1. The molecule has 2 aliphatic heterocycles. The van der Waals surface area contributed by atoms with Crippen molar-refractivity contribution in [3.05, 3.63) is 41.7 Å². The lowest BCUT2D eigenvalue weighted by atomic mass is 10.0. The first-order valence-corrected chi connectivity index (χ1v) is 9.07. The molecular formula is C20H19FN4O2. The minimum absolute atomic E-state index is 0.109. The van der Waals surface area contributed by atoms with Gasteiger partial charge < -0.3 is 20.5 Å². The summed E-state index contributed by atoms with van der Waals surface area (Å²) in [5.74, 6) is -0.785. The van der Waals surface area contributed by atoms with Crippen LogP contribution in [0.4, 0.5) is 10.1 Å². The molecule has 2 fully saturated rings. The molecule has 138 valence electrons. The minimum atomic E-state index is -0.664. The molecule has 0 bridgehead atoms. The number of benzene rings is 2. The Morgan fingerprint density at radius 1 is 1.30 bits per heavy atom. The molecule has 0 radical (unpaired) electrons. The van der Waals surface area contributed by atoms with E-state index in [1.165, 1.54) is 6.07 Å². The monoisotopic (exact) mass is 366 g/mol. The number of anilines is 1. The first-order chi connectivity index (χ1) is 13.1. The smallest absolute Gasteiger partial charge is 0.250 e. The maximum atomic E-state index is 15.2. The van der Waals surface area contributed by atoms with Gasteiger partial charge in [0, 0.05) is 41.8 Å². The largest absolute Gasteiger partial charge is 0.366 e. The zero-order chi connectivity index (χ0) is 18.7. The van der Waals surface area contributed by atoms with E-state index in [2.05, 4.69) is 4.98 Å². The van der Waals surface area contributed by atoms with Crippen molar-refractivity contribution in [1.82, 2.24) is 9.88 Å². The van der Waals surface area contributed by atoms with Crippen molar-refractivity contribution in [1.29, 1.82) is 0 Å². The van der Waals surface area contributed by atoms with Crippen LogP contribution in [0.2, 0.25) is 0 Å². The van der Waals surface area contributed by atoms with Gasteiger partial charge in [0.2, 0.25) is 6.41 Å². The highest BCUT2D eigenvalue weighted by molar-refractivity contribution is 6.19. The molecular weight excluding hydrogens is 347 g/mol. The Morgan fingerprint density at radius 2 is 2.11 bits per heavy atom. The number of H-pyrrole nitrogens is 1. The summed E-state index contributed by atoms with van der Waals surface area (Å²) in [6.07, 6.45) is 1.82. The van der Waals surface area contributed by atoms with Crippen LogP contribution in [0.25, 0.3) is 21.8 Å². The van der Waals surface area contributed by atoms with Crippen LogP contribution in [0.15, 0.2) is 30.3 Å². The molecule has 2 amide bonds. The van der Waals surface area contributed by atoms with Crippen molar-refractivity contribution in [2.45, 2.75) is 12.5 Å². The molecule has 27 heavy (non-hydrogen) atoms. The standard InChI is InChI=1S/C20H19FN4O2/c21-14-7-13(20(22)27)18-17(12-3-1-2-4-15(12)23-18)19(14)25-8-11-5-6-24(10-26)16(11)9-25/h1-4,7,10-11,16,23H,5-6,8-9H2,(H2,22,27). The maximum absolute atomic E-state index is 15.2. The summed E-state index contributed by atoms with van der Waals surface area (Å²) >= 11 is 0. The second-order valence-electron chi connectivity index (χ2n) is 7.40. The van der Waals surface area contributed by atoms with Gasteiger partial charge in [-0.05, 0) is 18.6 Å². The molecule has 2 aliphatic rings. The second-order valence-corrected chi connectivity index (χ2v) is 7.40. The minimum Gasteiger partial charge on any atom is -0.366 e. The number of fused-ring (bicyclic) bond motifs is 4. The summed E-state index contributed by atoms with van der Waals surface area (Å²) < 4.78 is 15.2. The Morgan fingerprint density at radius 3 is 2.89 bits per heavy atom. The van der Waals surface area contributed by atoms with Gasteiger partial charge in [0.05, 0.1) is 22.8 Å². The lowest BCUT2D eigenvalue weighted by Gasteiger charge is -2.24. The number of nitrogens with two attached hydrogens (primary N) is 1. The summed E-state index contributed by atoms with van der Waals surface area (Å²) in [4.78, 5) is 30.2. The van der Waals surface area contributed by atoms with E-state index in [-0.39, 0.29) is 11.6 Å². The van der Waals surface area contributed by atoms with E-state index in [9.17, 15) is 9.59 Å². The molecule has 0 saturated carbocycles. The zero-order valence-corrected chi connectivity index (χ0v) is 14.6. The van der Waals surface area contributed by atoms with Gasteiger partial charge in [-0.15, -0.1) is 0 Å². The van der Waals surface area contributed by atoms with E-state index < -0.39 is 11.7 Å². The fourth-order valence-electron chi connectivity index (χ4n) is 4.79. The Labute approximate surface area is 154 Å². The molecule has 1 aromatic heterocycles. The van der Waals surface area contributed by atoms with Gasteiger partial charge in [0.15, 0.2) is 0 Å². The van der Waals surface area contributed by atoms with Crippen molar-refractivity contribution >= 4 is 39.8 Å². The Balaban J connectivity index is 1.73. The summed E-state index contributed by atoms with van der Waals surface area (Å²) in [5.41, 5.74) is 7.52. The Bertz CT molecular complexity index is 1090. The van der Waals surface area contributed by atoms with E-state index in [0.717, 1.165) is 30.3 Å². The van der Waals surface area contributed by atoms with Crippen LogP contribution < -0.4 is 10.6 Å². The van der Waals surface area contributed by atoms with Crippen molar-refractivity contribution < 1.29 is 14.0 Å². The lowest BCUT2D eigenvalue weighted by molar-refractivity contribution is -0.118. The number of likely N-dealkylation sites (tertiary alicyclic amines) is 1. The third-order valence-corrected chi connectivity index (χ3v) is 6.02. The molecule has 3 heterocycles. The van der Waals surface area contributed by atoms with Gasteiger partial charge in [0.1, 0.15) is 5.82 Å². The van der Waals surface area contributed by atoms with Gasteiger partial charge in [-0.25, -0.2) is 4.39 Å². The number of primary amides is 1. The lowest BCUT2D eigenvalue weighted by Crippen LogP contribution is -2.34. The van der Waals surface area contributed by atoms with Gasteiger partial charge in [-0.2, -0.15) is 0 Å². The summed E-state index contributed by atoms with van der Waals surface area (Å²) in [6.45, 7) is 2.04. The fraction of sp³-hybridized carbons (Fsp3) is 0.300. The van der Waals surface area contributed by atoms with Crippen molar-refractivity contribution in [3.63, 3.8) is 0 Å². The number of aromatic amines is 1. The molecule has 3 N–H and O–H groups in total. The highest BCUT2D eigenvalue weighted by Gasteiger charge is 2.42. The predicted octanol–water partition coefficient (Wildman–Crippen LogP) is 2.23. The van der Waals surface area contributed by atoms with Gasteiger partial charge in [-0.3, -0.25) is 9.59 Å². The van der Waals surface area contributed by atoms with Gasteiger partial charge >= 0.3 is 0 Å². The molecule has 7 heteroatoms. The number of carbonyl (C=O) groups is 2. The fourth-order valence-corrected chi connectivity index (χ4v) is 4.79. The molecule has 2 unspecified atom stereocenters.